The lowest BCUT2D eigenvalue weighted by Gasteiger charge is -2.21. The summed E-state index contributed by atoms with van der Waals surface area (Å²) in [6, 6.07) is 7.85. The van der Waals surface area contributed by atoms with E-state index in [1.54, 1.807) is 18.2 Å². The Morgan fingerprint density at radius 2 is 1.90 bits per heavy atom. The molecule has 1 aliphatic rings. The van der Waals surface area contributed by atoms with Crippen molar-refractivity contribution in [2.45, 2.75) is 31.5 Å². The molecule has 6 heteroatoms. The lowest BCUT2D eigenvalue weighted by molar-refractivity contribution is -0.464. The number of nitrogens with zero attached hydrogens (tertiary/aromatic N) is 1. The van der Waals surface area contributed by atoms with Crippen molar-refractivity contribution < 1.29 is 15.1 Å². The molecule has 0 radical (unpaired) electrons. The molecule has 0 aromatic heterocycles. The highest BCUT2D eigenvalue weighted by Crippen LogP contribution is 2.30. The molecule has 1 aliphatic heterocycles. The molecule has 108 valence electrons. The standard InChI is InChI=1S/C14H18N2O4/c17-14(18,11-7-3-1-4-8-11)13(16(19)20)12-9-5-2-6-10-15-12/h1,3-4,7-8,15,17-18H,2,5-6,9-10H2/b13-12-. The molecule has 6 nitrogen and oxygen atoms in total. The van der Waals surface area contributed by atoms with E-state index in [-0.39, 0.29) is 5.56 Å². The van der Waals surface area contributed by atoms with Crippen molar-refractivity contribution in [3.8, 4) is 0 Å². The van der Waals surface area contributed by atoms with Gasteiger partial charge in [-0.3, -0.25) is 10.1 Å². The Bertz CT molecular complexity index is 501. The highest BCUT2D eigenvalue weighted by molar-refractivity contribution is 5.28. The Morgan fingerprint density at radius 3 is 2.55 bits per heavy atom. The highest BCUT2D eigenvalue weighted by atomic mass is 16.6. The predicted octanol–water partition coefficient (Wildman–Crippen LogP) is 1.48. The molecule has 2 rings (SSSR count). The molecule has 1 aromatic rings. The summed E-state index contributed by atoms with van der Waals surface area (Å²) < 4.78 is 0. The Labute approximate surface area is 116 Å². The van der Waals surface area contributed by atoms with Crippen LogP contribution in [0.5, 0.6) is 0 Å². The van der Waals surface area contributed by atoms with Gasteiger partial charge in [-0.15, -0.1) is 0 Å². The van der Waals surface area contributed by atoms with Gasteiger partial charge in [-0.1, -0.05) is 36.8 Å². The zero-order chi connectivity index (χ0) is 14.6. The lowest BCUT2D eigenvalue weighted by Crippen LogP contribution is -2.35. The first-order valence-corrected chi connectivity index (χ1v) is 6.65. The van der Waals surface area contributed by atoms with Gasteiger partial charge >= 0.3 is 5.70 Å². The Kier molecular flexibility index (Phi) is 4.36. The fraction of sp³-hybridized carbons (Fsp3) is 0.429. The summed E-state index contributed by atoms with van der Waals surface area (Å²) >= 11 is 0. The smallest absolute Gasteiger partial charge is 0.328 e. The van der Waals surface area contributed by atoms with Gasteiger partial charge < -0.3 is 15.5 Å². The average molecular weight is 278 g/mol. The van der Waals surface area contributed by atoms with Gasteiger partial charge in [0.15, 0.2) is 0 Å². The van der Waals surface area contributed by atoms with Crippen LogP contribution in [0, 0.1) is 10.1 Å². The van der Waals surface area contributed by atoms with Crippen molar-refractivity contribution in [2.24, 2.45) is 0 Å². The number of benzene rings is 1. The summed E-state index contributed by atoms with van der Waals surface area (Å²) in [5, 5.41) is 34.8. The summed E-state index contributed by atoms with van der Waals surface area (Å²) in [7, 11) is 0. The fourth-order valence-corrected chi connectivity index (χ4v) is 2.39. The second-order valence-corrected chi connectivity index (χ2v) is 4.86. The minimum Gasteiger partial charge on any atom is -0.383 e. The van der Waals surface area contributed by atoms with Crippen molar-refractivity contribution in [1.82, 2.24) is 5.32 Å². The van der Waals surface area contributed by atoms with Gasteiger partial charge in [0, 0.05) is 12.1 Å². The second-order valence-electron chi connectivity index (χ2n) is 4.86. The quantitative estimate of drug-likeness (QED) is 0.442. The summed E-state index contributed by atoms with van der Waals surface area (Å²) in [6.07, 6.45) is 3.14. The monoisotopic (exact) mass is 278 g/mol. The number of hydrogen-bond donors (Lipinski definition) is 3. The van der Waals surface area contributed by atoms with E-state index >= 15 is 0 Å². The Morgan fingerprint density at radius 1 is 1.20 bits per heavy atom. The number of rotatable bonds is 3. The van der Waals surface area contributed by atoms with Crippen molar-refractivity contribution >= 4 is 0 Å². The molecule has 1 saturated heterocycles. The maximum Gasteiger partial charge on any atom is 0.328 e. The van der Waals surface area contributed by atoms with Crippen LogP contribution in [0.25, 0.3) is 0 Å². The van der Waals surface area contributed by atoms with Gasteiger partial charge in [0.05, 0.1) is 10.6 Å². The molecule has 0 amide bonds. The minimum absolute atomic E-state index is 0.0882. The van der Waals surface area contributed by atoms with Gasteiger partial charge in [0.2, 0.25) is 0 Å². The number of allylic oxidation sites excluding steroid dienone is 1. The summed E-state index contributed by atoms with van der Waals surface area (Å²) in [6.45, 7) is 0.609. The van der Waals surface area contributed by atoms with Crippen LogP contribution in [0.3, 0.4) is 0 Å². The fourth-order valence-electron chi connectivity index (χ4n) is 2.39. The summed E-state index contributed by atoms with van der Waals surface area (Å²) in [5.74, 6) is -2.60. The van der Waals surface area contributed by atoms with E-state index in [0.29, 0.717) is 18.7 Å². The van der Waals surface area contributed by atoms with Crippen molar-refractivity contribution in [3.63, 3.8) is 0 Å². The molecule has 1 heterocycles. The number of hydrogen-bond acceptors (Lipinski definition) is 5. The van der Waals surface area contributed by atoms with Crippen LogP contribution in [0.1, 0.15) is 31.2 Å². The van der Waals surface area contributed by atoms with Gasteiger partial charge in [-0.2, -0.15) is 0 Å². The third-order valence-electron chi connectivity index (χ3n) is 3.42. The summed E-state index contributed by atoms with van der Waals surface area (Å²) in [5.41, 5.74) is -0.183. The molecule has 1 fully saturated rings. The van der Waals surface area contributed by atoms with Crippen molar-refractivity contribution in [1.29, 1.82) is 0 Å². The topological polar surface area (TPSA) is 95.6 Å². The Balaban J connectivity index is 2.47. The normalized spacial score (nSPS) is 18.9. The van der Waals surface area contributed by atoms with Crippen LogP contribution in [-0.2, 0) is 5.79 Å². The maximum absolute atomic E-state index is 11.3. The van der Waals surface area contributed by atoms with E-state index in [0.717, 1.165) is 19.3 Å². The third kappa shape index (κ3) is 2.97. The molecule has 0 spiro atoms. The van der Waals surface area contributed by atoms with E-state index in [2.05, 4.69) is 5.32 Å². The molecule has 0 unspecified atom stereocenters. The third-order valence-corrected chi connectivity index (χ3v) is 3.42. The van der Waals surface area contributed by atoms with Gasteiger partial charge in [0.1, 0.15) is 0 Å². The van der Waals surface area contributed by atoms with Crippen LogP contribution in [0.2, 0.25) is 0 Å². The minimum atomic E-state index is -2.60. The van der Waals surface area contributed by atoms with Crippen LogP contribution in [-0.4, -0.2) is 21.7 Å². The predicted molar refractivity (Wildman–Crippen MR) is 73.0 cm³/mol. The molecule has 0 aliphatic carbocycles. The molecule has 1 aromatic carbocycles. The Hall–Kier alpha value is -1.92. The number of aliphatic hydroxyl groups is 2. The van der Waals surface area contributed by atoms with E-state index in [1.165, 1.54) is 12.1 Å². The van der Waals surface area contributed by atoms with Gasteiger partial charge in [0.25, 0.3) is 5.79 Å². The van der Waals surface area contributed by atoms with E-state index in [1.807, 2.05) is 0 Å². The van der Waals surface area contributed by atoms with Crippen molar-refractivity contribution in [2.75, 3.05) is 6.54 Å². The van der Waals surface area contributed by atoms with Crippen LogP contribution in [0.4, 0.5) is 0 Å². The first-order valence-electron chi connectivity index (χ1n) is 6.65. The van der Waals surface area contributed by atoms with Crippen molar-refractivity contribution in [3.05, 3.63) is 57.4 Å². The molecule has 0 saturated carbocycles. The zero-order valence-electron chi connectivity index (χ0n) is 11.1. The molecule has 20 heavy (non-hydrogen) atoms. The van der Waals surface area contributed by atoms with Crippen LogP contribution in [0.15, 0.2) is 41.7 Å². The van der Waals surface area contributed by atoms with E-state index in [4.69, 9.17) is 0 Å². The average Bonchev–Trinajstić information content (AvgIpc) is 2.68. The molecule has 3 N–H and O–H groups in total. The molecular weight excluding hydrogens is 260 g/mol. The van der Waals surface area contributed by atoms with Crippen LogP contribution >= 0.6 is 0 Å². The first kappa shape index (κ1) is 14.5. The second kappa shape index (κ2) is 6.02. The lowest BCUT2D eigenvalue weighted by atomic mass is 10.00. The molecule has 0 bridgehead atoms. The van der Waals surface area contributed by atoms with Gasteiger partial charge in [-0.25, -0.2) is 0 Å². The number of nitro groups is 1. The maximum atomic E-state index is 11.3. The van der Waals surface area contributed by atoms with E-state index in [9.17, 15) is 20.3 Å². The number of nitrogens with one attached hydrogen (secondary N) is 1. The zero-order valence-corrected chi connectivity index (χ0v) is 11.1. The molecule has 0 atom stereocenters. The highest BCUT2D eigenvalue weighted by Gasteiger charge is 2.43. The summed E-state index contributed by atoms with van der Waals surface area (Å²) in [4.78, 5) is 10.6. The first-order chi connectivity index (χ1) is 9.53. The SMILES string of the molecule is O=[N+]([O-])/C(=C1/CCCCCN1)C(O)(O)c1ccccc1. The van der Waals surface area contributed by atoms with E-state index < -0.39 is 16.4 Å². The largest absolute Gasteiger partial charge is 0.383 e. The molecular formula is C14H18N2O4. The van der Waals surface area contributed by atoms with Gasteiger partial charge in [-0.05, 0) is 19.3 Å². The van der Waals surface area contributed by atoms with Crippen LogP contribution < -0.4 is 5.32 Å².